The zero-order chi connectivity index (χ0) is 15.0. The summed E-state index contributed by atoms with van der Waals surface area (Å²) in [6, 6.07) is 13.8. The predicted octanol–water partition coefficient (Wildman–Crippen LogP) is 4.52. The number of thiophene rings is 1. The summed E-state index contributed by atoms with van der Waals surface area (Å²) in [4.78, 5) is 12.5. The molecule has 3 rings (SSSR count). The first-order chi connectivity index (χ1) is 10.1. The van der Waals surface area contributed by atoms with Crippen molar-refractivity contribution in [3.8, 4) is 16.3 Å². The van der Waals surface area contributed by atoms with Crippen molar-refractivity contribution in [2.45, 2.75) is 13.8 Å². The Kier molecular flexibility index (Phi) is 3.39. The number of nitrogens with zero attached hydrogens (tertiary/aromatic N) is 1. The van der Waals surface area contributed by atoms with Gasteiger partial charge in [-0.1, -0.05) is 18.2 Å². The summed E-state index contributed by atoms with van der Waals surface area (Å²) in [6.07, 6.45) is 0. The molecule has 3 aromatic rings. The Morgan fingerprint density at radius 1 is 1.14 bits per heavy atom. The Morgan fingerprint density at radius 3 is 2.57 bits per heavy atom. The zero-order valence-electron chi connectivity index (χ0n) is 11.8. The van der Waals surface area contributed by atoms with Crippen molar-refractivity contribution in [1.29, 1.82) is 0 Å². The molecule has 0 saturated carbocycles. The minimum absolute atomic E-state index is 0.347. The maximum atomic E-state index is 11.4. The Bertz CT molecular complexity index is 800. The first kappa shape index (κ1) is 13.6. The van der Waals surface area contributed by atoms with Crippen LogP contribution < -0.4 is 0 Å². The number of carboxylic acid groups (broad SMARTS) is 1. The molecule has 106 valence electrons. The van der Waals surface area contributed by atoms with Crippen LogP contribution in [0, 0.1) is 13.8 Å². The number of aryl methyl sites for hydroxylation is 1. The van der Waals surface area contributed by atoms with Crippen LogP contribution in [0.4, 0.5) is 0 Å². The van der Waals surface area contributed by atoms with Crippen LogP contribution in [0.3, 0.4) is 0 Å². The fourth-order valence-corrected chi connectivity index (χ4v) is 3.26. The van der Waals surface area contributed by atoms with Gasteiger partial charge in [-0.3, -0.25) is 0 Å². The number of hydrogen-bond acceptors (Lipinski definition) is 2. The van der Waals surface area contributed by atoms with Gasteiger partial charge in [0.15, 0.2) is 0 Å². The standard InChI is InChI=1S/C17H15NO2S/c1-11-5-3-6-13(9-11)18-12(2)14(17(19)20)10-15(18)16-7-4-8-21-16/h3-10H,1-2H3,(H,19,20). The van der Waals surface area contributed by atoms with Gasteiger partial charge in [-0.2, -0.15) is 0 Å². The second-order valence-corrected chi connectivity index (χ2v) is 5.93. The number of carboxylic acids is 1. The summed E-state index contributed by atoms with van der Waals surface area (Å²) >= 11 is 1.61. The molecule has 0 aliphatic rings. The number of aromatic nitrogens is 1. The molecule has 21 heavy (non-hydrogen) atoms. The van der Waals surface area contributed by atoms with Gasteiger partial charge in [0.05, 0.1) is 16.1 Å². The maximum Gasteiger partial charge on any atom is 0.337 e. The summed E-state index contributed by atoms with van der Waals surface area (Å²) in [5, 5.41) is 11.4. The van der Waals surface area contributed by atoms with E-state index in [1.807, 2.05) is 54.1 Å². The second-order valence-electron chi connectivity index (χ2n) is 4.99. The van der Waals surface area contributed by atoms with E-state index in [2.05, 4.69) is 6.07 Å². The van der Waals surface area contributed by atoms with Gasteiger partial charge in [-0.25, -0.2) is 4.79 Å². The predicted molar refractivity (Wildman–Crippen MR) is 85.5 cm³/mol. The SMILES string of the molecule is Cc1cccc(-n2c(-c3cccs3)cc(C(=O)O)c2C)c1. The lowest BCUT2D eigenvalue weighted by Crippen LogP contribution is -2.02. The van der Waals surface area contributed by atoms with E-state index in [9.17, 15) is 9.90 Å². The third kappa shape index (κ3) is 2.38. The molecule has 0 fully saturated rings. The molecule has 0 unspecified atom stereocenters. The van der Waals surface area contributed by atoms with E-state index in [0.717, 1.165) is 27.5 Å². The minimum atomic E-state index is -0.892. The summed E-state index contributed by atoms with van der Waals surface area (Å²) < 4.78 is 2.02. The normalized spacial score (nSPS) is 10.8. The topological polar surface area (TPSA) is 42.2 Å². The van der Waals surface area contributed by atoms with Crippen LogP contribution in [0.1, 0.15) is 21.6 Å². The van der Waals surface area contributed by atoms with E-state index in [4.69, 9.17) is 0 Å². The van der Waals surface area contributed by atoms with Gasteiger partial charge >= 0.3 is 5.97 Å². The molecule has 3 nitrogen and oxygen atoms in total. The lowest BCUT2D eigenvalue weighted by molar-refractivity contribution is 0.0696. The number of carbonyl (C=O) groups is 1. The quantitative estimate of drug-likeness (QED) is 0.772. The number of benzene rings is 1. The molecule has 0 atom stereocenters. The van der Waals surface area contributed by atoms with E-state index in [0.29, 0.717) is 5.56 Å². The lowest BCUT2D eigenvalue weighted by Gasteiger charge is -2.11. The average Bonchev–Trinajstić information content (AvgIpc) is 3.05. The largest absolute Gasteiger partial charge is 0.478 e. The molecule has 0 aliphatic carbocycles. The summed E-state index contributed by atoms with van der Waals surface area (Å²) in [7, 11) is 0. The van der Waals surface area contributed by atoms with Crippen LogP contribution in [0.15, 0.2) is 47.8 Å². The Morgan fingerprint density at radius 2 is 1.95 bits per heavy atom. The molecule has 2 aromatic heterocycles. The molecule has 0 aliphatic heterocycles. The molecule has 1 aromatic carbocycles. The fraction of sp³-hybridized carbons (Fsp3) is 0.118. The van der Waals surface area contributed by atoms with E-state index < -0.39 is 5.97 Å². The van der Waals surface area contributed by atoms with E-state index in [-0.39, 0.29) is 0 Å². The van der Waals surface area contributed by atoms with Crippen LogP contribution in [0.25, 0.3) is 16.3 Å². The Hall–Kier alpha value is -2.33. The van der Waals surface area contributed by atoms with Crippen LogP contribution in [-0.4, -0.2) is 15.6 Å². The molecule has 2 heterocycles. The Labute approximate surface area is 127 Å². The lowest BCUT2D eigenvalue weighted by atomic mass is 10.2. The van der Waals surface area contributed by atoms with Crippen LogP contribution in [0.5, 0.6) is 0 Å². The third-order valence-electron chi connectivity index (χ3n) is 3.51. The van der Waals surface area contributed by atoms with Crippen LogP contribution >= 0.6 is 11.3 Å². The molecular weight excluding hydrogens is 282 g/mol. The zero-order valence-corrected chi connectivity index (χ0v) is 12.6. The third-order valence-corrected chi connectivity index (χ3v) is 4.40. The molecule has 0 amide bonds. The van der Waals surface area contributed by atoms with E-state index >= 15 is 0 Å². The highest BCUT2D eigenvalue weighted by molar-refractivity contribution is 7.13. The monoisotopic (exact) mass is 297 g/mol. The van der Waals surface area contributed by atoms with Crippen molar-refractivity contribution in [1.82, 2.24) is 4.57 Å². The van der Waals surface area contributed by atoms with E-state index in [1.165, 1.54) is 0 Å². The first-order valence-electron chi connectivity index (χ1n) is 6.64. The van der Waals surface area contributed by atoms with Crippen molar-refractivity contribution in [2.24, 2.45) is 0 Å². The minimum Gasteiger partial charge on any atom is -0.478 e. The highest BCUT2D eigenvalue weighted by Gasteiger charge is 2.19. The van der Waals surface area contributed by atoms with Crippen molar-refractivity contribution in [3.63, 3.8) is 0 Å². The van der Waals surface area contributed by atoms with Gasteiger partial charge < -0.3 is 9.67 Å². The number of rotatable bonds is 3. The molecule has 4 heteroatoms. The second kappa shape index (κ2) is 5.22. The molecule has 1 N–H and O–H groups in total. The highest BCUT2D eigenvalue weighted by atomic mass is 32.1. The van der Waals surface area contributed by atoms with Crippen LogP contribution in [0.2, 0.25) is 0 Å². The van der Waals surface area contributed by atoms with Gasteiger partial charge in [0.1, 0.15) is 0 Å². The van der Waals surface area contributed by atoms with Gasteiger partial charge in [0.2, 0.25) is 0 Å². The Balaban J connectivity index is 2.29. The molecule has 0 radical (unpaired) electrons. The van der Waals surface area contributed by atoms with Gasteiger partial charge in [0.25, 0.3) is 0 Å². The molecule has 0 bridgehead atoms. The van der Waals surface area contributed by atoms with Gasteiger partial charge in [-0.15, -0.1) is 11.3 Å². The van der Waals surface area contributed by atoms with Crippen molar-refractivity contribution in [3.05, 3.63) is 64.7 Å². The van der Waals surface area contributed by atoms with Gasteiger partial charge in [0, 0.05) is 11.4 Å². The van der Waals surface area contributed by atoms with Gasteiger partial charge in [-0.05, 0) is 49.1 Å². The summed E-state index contributed by atoms with van der Waals surface area (Å²) in [5.41, 5.74) is 4.15. The first-order valence-corrected chi connectivity index (χ1v) is 7.52. The highest BCUT2D eigenvalue weighted by Crippen LogP contribution is 2.32. The number of aromatic carboxylic acids is 1. The average molecular weight is 297 g/mol. The fourth-order valence-electron chi connectivity index (χ4n) is 2.53. The van der Waals surface area contributed by atoms with Crippen LogP contribution in [-0.2, 0) is 0 Å². The van der Waals surface area contributed by atoms with Crippen molar-refractivity contribution in [2.75, 3.05) is 0 Å². The van der Waals surface area contributed by atoms with Crippen molar-refractivity contribution >= 4 is 17.3 Å². The summed E-state index contributed by atoms with van der Waals surface area (Å²) in [6.45, 7) is 3.88. The summed E-state index contributed by atoms with van der Waals surface area (Å²) in [5.74, 6) is -0.892. The molecule has 0 saturated heterocycles. The smallest absolute Gasteiger partial charge is 0.337 e. The maximum absolute atomic E-state index is 11.4. The number of hydrogen-bond donors (Lipinski definition) is 1. The van der Waals surface area contributed by atoms with E-state index in [1.54, 1.807) is 17.4 Å². The molecular formula is C17H15NO2S. The van der Waals surface area contributed by atoms with Crippen molar-refractivity contribution < 1.29 is 9.90 Å². The molecule has 0 spiro atoms.